The number of hydrogen-bond acceptors (Lipinski definition) is 7. The van der Waals surface area contributed by atoms with E-state index in [9.17, 15) is 17.6 Å². The summed E-state index contributed by atoms with van der Waals surface area (Å²) in [5, 5.41) is 0. The maximum absolute atomic E-state index is 14.9. The van der Waals surface area contributed by atoms with Gasteiger partial charge in [0.25, 0.3) is 15.9 Å². The summed E-state index contributed by atoms with van der Waals surface area (Å²) in [6.07, 6.45) is 2.37. The van der Waals surface area contributed by atoms with Gasteiger partial charge in [0, 0.05) is 30.6 Å². The number of rotatable bonds is 8. The van der Waals surface area contributed by atoms with Crippen LogP contribution < -0.4 is 9.47 Å². The summed E-state index contributed by atoms with van der Waals surface area (Å²) in [7, 11) is 0.285. The zero-order valence-corrected chi connectivity index (χ0v) is 24.5. The molecule has 1 amide bonds. The van der Waals surface area contributed by atoms with Crippen LogP contribution in [0.1, 0.15) is 26.3 Å². The van der Waals surface area contributed by atoms with Crippen molar-refractivity contribution in [3.05, 3.63) is 84.4 Å². The molecule has 0 N–H and O–H groups in total. The maximum Gasteiger partial charge on any atom is 0.410 e. The van der Waals surface area contributed by atoms with Gasteiger partial charge in [-0.25, -0.2) is 26.6 Å². The van der Waals surface area contributed by atoms with Crippen molar-refractivity contribution >= 4 is 16.1 Å². The summed E-state index contributed by atoms with van der Waals surface area (Å²) in [4.78, 5) is 18.1. The predicted octanol–water partition coefficient (Wildman–Crippen LogP) is 5.98. The van der Waals surface area contributed by atoms with Gasteiger partial charge in [-0.2, -0.15) is 0 Å². The number of halogens is 1. The third-order valence-corrected chi connectivity index (χ3v) is 7.74. The third-order valence-electron chi connectivity index (χ3n) is 6.07. The topological polar surface area (TPSA) is 100.0 Å². The van der Waals surface area contributed by atoms with E-state index in [0.29, 0.717) is 28.3 Å². The van der Waals surface area contributed by atoms with Gasteiger partial charge < -0.3 is 19.1 Å². The van der Waals surface area contributed by atoms with E-state index in [-0.39, 0.29) is 22.7 Å². The Bertz CT molecular complexity index is 1680. The van der Waals surface area contributed by atoms with Crippen molar-refractivity contribution in [1.82, 2.24) is 13.9 Å². The molecular formula is C30H32FN3O6S. The minimum Gasteiger partial charge on any atom is -0.491 e. The molecule has 0 aliphatic carbocycles. The highest BCUT2D eigenvalue weighted by Gasteiger charge is 2.26. The maximum atomic E-state index is 14.9. The van der Waals surface area contributed by atoms with Gasteiger partial charge in [-0.15, -0.1) is 0 Å². The zero-order valence-electron chi connectivity index (χ0n) is 23.7. The molecule has 2 heterocycles. The van der Waals surface area contributed by atoms with Gasteiger partial charge in [0.15, 0.2) is 5.75 Å². The average Bonchev–Trinajstić information content (AvgIpc) is 3.36. The number of carbonyl (C=O) groups excluding carboxylic acids is 1. The highest BCUT2D eigenvalue weighted by Crippen LogP contribution is 2.33. The van der Waals surface area contributed by atoms with Gasteiger partial charge in [0.2, 0.25) is 0 Å². The lowest BCUT2D eigenvalue weighted by Gasteiger charge is -2.24. The molecule has 41 heavy (non-hydrogen) atoms. The fraction of sp³-hybridized carbons (Fsp3) is 0.267. The lowest BCUT2D eigenvalue weighted by Crippen LogP contribution is -2.33. The SMILES string of the molecule is COc1cc(-c2cccc(S(=O)(=O)n3cc(CN(C)C(=O)OC(C)(C)C)cc3-c3ccccc3F)c2)cnc1OC. The normalized spacial score (nSPS) is 11.7. The van der Waals surface area contributed by atoms with Crippen molar-refractivity contribution in [2.45, 2.75) is 37.8 Å². The van der Waals surface area contributed by atoms with Gasteiger partial charge in [-0.05, 0) is 68.3 Å². The van der Waals surface area contributed by atoms with Crippen LogP contribution in [0.3, 0.4) is 0 Å². The first-order valence-corrected chi connectivity index (χ1v) is 14.1. The molecule has 0 aliphatic rings. The molecule has 4 aromatic rings. The number of benzene rings is 2. The Morgan fingerprint density at radius 2 is 1.73 bits per heavy atom. The van der Waals surface area contributed by atoms with Crippen LogP contribution in [0, 0.1) is 5.82 Å². The first kappa shape index (κ1) is 29.6. The van der Waals surface area contributed by atoms with E-state index < -0.39 is 27.5 Å². The molecule has 0 saturated carbocycles. The summed E-state index contributed by atoms with van der Waals surface area (Å²) in [6, 6.07) is 15.5. The molecule has 0 atom stereocenters. The number of aromatic nitrogens is 2. The molecule has 0 aliphatic heterocycles. The van der Waals surface area contributed by atoms with Crippen LogP contribution in [-0.4, -0.2) is 55.2 Å². The second kappa shape index (κ2) is 11.6. The number of carbonyl (C=O) groups is 1. The Morgan fingerprint density at radius 1 is 1.00 bits per heavy atom. The molecule has 216 valence electrons. The van der Waals surface area contributed by atoms with E-state index in [4.69, 9.17) is 14.2 Å². The molecule has 0 spiro atoms. The predicted molar refractivity (Wildman–Crippen MR) is 153 cm³/mol. The van der Waals surface area contributed by atoms with E-state index in [0.717, 1.165) is 3.97 Å². The minimum absolute atomic E-state index is 0.0231. The lowest BCUT2D eigenvalue weighted by atomic mass is 10.1. The average molecular weight is 582 g/mol. The quantitative estimate of drug-likeness (QED) is 0.252. The van der Waals surface area contributed by atoms with Crippen LogP contribution in [0.5, 0.6) is 11.6 Å². The number of hydrogen-bond donors (Lipinski definition) is 0. The molecule has 0 bridgehead atoms. The summed E-state index contributed by atoms with van der Waals surface area (Å²) >= 11 is 0. The smallest absolute Gasteiger partial charge is 0.410 e. The van der Waals surface area contributed by atoms with Crippen molar-refractivity contribution in [1.29, 1.82) is 0 Å². The summed E-state index contributed by atoms with van der Waals surface area (Å²) in [6.45, 7) is 5.30. The van der Waals surface area contributed by atoms with Crippen molar-refractivity contribution in [2.24, 2.45) is 0 Å². The zero-order chi connectivity index (χ0) is 29.9. The van der Waals surface area contributed by atoms with Crippen LogP contribution in [0.2, 0.25) is 0 Å². The van der Waals surface area contributed by atoms with Gasteiger partial charge in [-0.1, -0.05) is 24.3 Å². The van der Waals surface area contributed by atoms with Gasteiger partial charge >= 0.3 is 6.09 Å². The fourth-order valence-corrected chi connectivity index (χ4v) is 5.60. The molecule has 0 radical (unpaired) electrons. The molecule has 2 aromatic carbocycles. The first-order chi connectivity index (χ1) is 19.3. The summed E-state index contributed by atoms with van der Waals surface area (Å²) in [5.41, 5.74) is 1.18. The number of ether oxygens (including phenoxy) is 3. The third kappa shape index (κ3) is 6.51. The lowest BCUT2D eigenvalue weighted by molar-refractivity contribution is 0.0285. The molecule has 11 heteroatoms. The van der Waals surface area contributed by atoms with Gasteiger partial charge in [0.1, 0.15) is 11.4 Å². The monoisotopic (exact) mass is 581 g/mol. The summed E-state index contributed by atoms with van der Waals surface area (Å²) < 4.78 is 60.0. The molecule has 0 saturated heterocycles. The number of pyridine rings is 1. The largest absolute Gasteiger partial charge is 0.491 e. The van der Waals surface area contributed by atoms with E-state index in [2.05, 4.69) is 4.98 Å². The van der Waals surface area contributed by atoms with Crippen LogP contribution in [0.25, 0.3) is 22.4 Å². The highest BCUT2D eigenvalue weighted by atomic mass is 32.2. The van der Waals surface area contributed by atoms with E-state index in [1.807, 2.05) is 0 Å². The Balaban J connectivity index is 1.78. The van der Waals surface area contributed by atoms with Crippen molar-refractivity contribution in [2.75, 3.05) is 21.3 Å². The number of nitrogens with zero attached hydrogens (tertiary/aromatic N) is 3. The van der Waals surface area contributed by atoms with E-state index in [1.54, 1.807) is 64.3 Å². The number of methoxy groups -OCH3 is 2. The van der Waals surface area contributed by atoms with Crippen molar-refractivity contribution in [3.63, 3.8) is 0 Å². The molecule has 4 rings (SSSR count). The van der Waals surface area contributed by atoms with E-state index >= 15 is 0 Å². The second-order valence-electron chi connectivity index (χ2n) is 10.3. The fourth-order valence-electron chi connectivity index (χ4n) is 4.16. The van der Waals surface area contributed by atoms with Crippen molar-refractivity contribution in [3.8, 4) is 34.0 Å². The molecule has 0 unspecified atom stereocenters. The highest BCUT2D eigenvalue weighted by molar-refractivity contribution is 7.90. The Kier molecular flexibility index (Phi) is 8.39. The van der Waals surface area contributed by atoms with Crippen LogP contribution >= 0.6 is 0 Å². The summed E-state index contributed by atoms with van der Waals surface area (Å²) in [5.74, 6) is 0.106. The second-order valence-corrected chi connectivity index (χ2v) is 12.1. The Morgan fingerprint density at radius 3 is 2.39 bits per heavy atom. The van der Waals surface area contributed by atoms with Gasteiger partial charge in [-0.3, -0.25) is 0 Å². The van der Waals surface area contributed by atoms with E-state index in [1.165, 1.54) is 55.6 Å². The Labute approximate surface area is 239 Å². The van der Waals surface area contributed by atoms with Crippen LogP contribution in [0.4, 0.5) is 9.18 Å². The molecular weight excluding hydrogens is 549 g/mol. The van der Waals surface area contributed by atoms with Gasteiger partial charge in [0.05, 0.1) is 31.4 Å². The number of amides is 1. The standard InChI is InChI=1S/C30H32FN3O6S/c1-30(2,3)40-29(35)33(4)18-20-14-26(24-12-7-8-13-25(24)31)34(19-20)41(36,37)23-11-9-10-21(15-23)22-16-27(38-5)28(39-6)32-17-22/h7-17,19H,18H2,1-6H3. The van der Waals surface area contributed by atoms with Crippen LogP contribution in [-0.2, 0) is 21.3 Å². The first-order valence-electron chi connectivity index (χ1n) is 12.7. The minimum atomic E-state index is -4.22. The molecule has 0 fully saturated rings. The van der Waals surface area contributed by atoms with Crippen LogP contribution in [0.15, 0.2) is 78.0 Å². The van der Waals surface area contributed by atoms with Crippen molar-refractivity contribution < 1.29 is 31.8 Å². The molecule has 2 aromatic heterocycles. The molecule has 9 nitrogen and oxygen atoms in total. The Hall–Kier alpha value is -4.38.